The lowest BCUT2D eigenvalue weighted by atomic mass is 10.1. The third-order valence-electron chi connectivity index (χ3n) is 2.07. The molecule has 0 saturated heterocycles. The van der Waals surface area contributed by atoms with E-state index in [9.17, 15) is 0 Å². The van der Waals surface area contributed by atoms with E-state index in [-0.39, 0.29) is 0 Å². The van der Waals surface area contributed by atoms with E-state index in [0.717, 1.165) is 17.3 Å². The van der Waals surface area contributed by atoms with Gasteiger partial charge in [-0.2, -0.15) is 0 Å². The van der Waals surface area contributed by atoms with Crippen molar-refractivity contribution in [2.45, 2.75) is 38.3 Å². The summed E-state index contributed by atoms with van der Waals surface area (Å²) >= 11 is 1.63. The molecule has 1 N–H and O–H groups in total. The van der Waals surface area contributed by atoms with Crippen LogP contribution in [-0.2, 0) is 0 Å². The van der Waals surface area contributed by atoms with E-state index in [1.54, 1.807) is 18.1 Å². The molecule has 0 aromatic carbocycles. The Labute approximate surface area is 96.1 Å². The molecule has 0 radical (unpaired) electrons. The zero-order valence-corrected chi connectivity index (χ0v) is 10.6. The summed E-state index contributed by atoms with van der Waals surface area (Å²) in [5.41, 5.74) is 0. The summed E-state index contributed by atoms with van der Waals surface area (Å²) in [6, 6.07) is 2.44. The van der Waals surface area contributed by atoms with E-state index < -0.39 is 0 Å². The standard InChI is InChI=1S/C11H19N3S/c1-8(2)5-9(3)14-10-6-11(15-4)13-7-12-10/h6-9H,5H2,1-4H3,(H,12,13,14). The van der Waals surface area contributed by atoms with Crippen LogP contribution in [-0.4, -0.2) is 22.3 Å². The first-order chi connectivity index (χ1) is 7.11. The van der Waals surface area contributed by atoms with Gasteiger partial charge < -0.3 is 5.32 Å². The van der Waals surface area contributed by atoms with Crippen molar-refractivity contribution in [1.29, 1.82) is 0 Å². The number of thioether (sulfide) groups is 1. The smallest absolute Gasteiger partial charge is 0.130 e. The summed E-state index contributed by atoms with van der Waals surface area (Å²) in [6.07, 6.45) is 4.78. The zero-order valence-electron chi connectivity index (χ0n) is 9.82. The van der Waals surface area contributed by atoms with Gasteiger partial charge in [0.05, 0.1) is 0 Å². The largest absolute Gasteiger partial charge is 0.367 e. The first-order valence-electron chi connectivity index (χ1n) is 5.24. The molecule has 0 fully saturated rings. The Kier molecular flexibility index (Phi) is 4.88. The van der Waals surface area contributed by atoms with Crippen LogP contribution in [0.4, 0.5) is 5.82 Å². The molecule has 0 amide bonds. The Bertz CT molecular complexity index is 302. The van der Waals surface area contributed by atoms with Crippen LogP contribution in [0.5, 0.6) is 0 Å². The minimum Gasteiger partial charge on any atom is -0.367 e. The van der Waals surface area contributed by atoms with Gasteiger partial charge in [0.2, 0.25) is 0 Å². The highest BCUT2D eigenvalue weighted by molar-refractivity contribution is 7.98. The van der Waals surface area contributed by atoms with Gasteiger partial charge in [0.25, 0.3) is 0 Å². The van der Waals surface area contributed by atoms with Crippen molar-refractivity contribution in [1.82, 2.24) is 9.97 Å². The molecule has 1 aromatic heterocycles. The Balaban J connectivity index is 2.55. The topological polar surface area (TPSA) is 37.8 Å². The average molecular weight is 225 g/mol. The van der Waals surface area contributed by atoms with Gasteiger partial charge in [-0.3, -0.25) is 0 Å². The zero-order chi connectivity index (χ0) is 11.3. The minimum absolute atomic E-state index is 0.453. The maximum atomic E-state index is 4.20. The molecule has 0 aliphatic rings. The lowest BCUT2D eigenvalue weighted by molar-refractivity contribution is 0.538. The molecule has 0 aliphatic heterocycles. The predicted molar refractivity (Wildman–Crippen MR) is 66.4 cm³/mol. The maximum Gasteiger partial charge on any atom is 0.130 e. The predicted octanol–water partition coefficient (Wildman–Crippen LogP) is 3.05. The second kappa shape index (κ2) is 5.95. The third kappa shape index (κ3) is 4.51. The van der Waals surface area contributed by atoms with Crippen LogP contribution in [0.1, 0.15) is 27.2 Å². The van der Waals surface area contributed by atoms with Gasteiger partial charge in [0.15, 0.2) is 0 Å². The Morgan fingerprint density at radius 3 is 2.67 bits per heavy atom. The summed E-state index contributed by atoms with van der Waals surface area (Å²) in [7, 11) is 0. The number of aromatic nitrogens is 2. The van der Waals surface area contributed by atoms with Crippen LogP contribution in [0, 0.1) is 5.92 Å². The average Bonchev–Trinajstić information content (AvgIpc) is 2.16. The van der Waals surface area contributed by atoms with Crippen LogP contribution in [0.2, 0.25) is 0 Å². The highest BCUT2D eigenvalue weighted by atomic mass is 32.2. The second-order valence-corrected chi connectivity index (χ2v) is 4.95. The van der Waals surface area contributed by atoms with Crippen molar-refractivity contribution in [3.05, 3.63) is 12.4 Å². The van der Waals surface area contributed by atoms with Gasteiger partial charge in [-0.25, -0.2) is 9.97 Å². The molecule has 1 heterocycles. The number of nitrogens with zero attached hydrogens (tertiary/aromatic N) is 2. The summed E-state index contributed by atoms with van der Waals surface area (Å²) < 4.78 is 0. The van der Waals surface area contributed by atoms with Crippen LogP contribution < -0.4 is 5.32 Å². The molecule has 1 rings (SSSR count). The highest BCUT2D eigenvalue weighted by Gasteiger charge is 2.05. The summed E-state index contributed by atoms with van der Waals surface area (Å²) in [5.74, 6) is 1.62. The normalized spacial score (nSPS) is 12.9. The van der Waals surface area contributed by atoms with Crippen molar-refractivity contribution in [3.63, 3.8) is 0 Å². The number of hydrogen-bond acceptors (Lipinski definition) is 4. The molecule has 0 bridgehead atoms. The minimum atomic E-state index is 0.453. The fourth-order valence-corrected chi connectivity index (χ4v) is 1.93. The second-order valence-electron chi connectivity index (χ2n) is 4.12. The summed E-state index contributed by atoms with van der Waals surface area (Å²) in [4.78, 5) is 8.34. The van der Waals surface area contributed by atoms with Crippen molar-refractivity contribution in [2.75, 3.05) is 11.6 Å². The molecule has 3 nitrogen and oxygen atoms in total. The van der Waals surface area contributed by atoms with Crippen molar-refractivity contribution < 1.29 is 0 Å². The molecule has 15 heavy (non-hydrogen) atoms. The molecule has 0 spiro atoms. The first kappa shape index (κ1) is 12.3. The molecule has 1 atom stereocenters. The molecule has 4 heteroatoms. The van der Waals surface area contributed by atoms with Crippen molar-refractivity contribution in [2.24, 2.45) is 5.92 Å². The number of nitrogens with one attached hydrogen (secondary N) is 1. The maximum absolute atomic E-state index is 4.20. The van der Waals surface area contributed by atoms with Crippen molar-refractivity contribution in [3.8, 4) is 0 Å². The molecule has 1 aromatic rings. The van der Waals surface area contributed by atoms with E-state index in [0.29, 0.717) is 12.0 Å². The molecule has 1 unspecified atom stereocenters. The van der Waals surface area contributed by atoms with E-state index in [1.165, 1.54) is 0 Å². The first-order valence-corrected chi connectivity index (χ1v) is 6.47. The third-order valence-corrected chi connectivity index (χ3v) is 2.71. The summed E-state index contributed by atoms with van der Waals surface area (Å²) in [5, 5.41) is 4.39. The van der Waals surface area contributed by atoms with E-state index >= 15 is 0 Å². The number of anilines is 1. The molecule has 84 valence electrons. The molecular weight excluding hydrogens is 206 g/mol. The quantitative estimate of drug-likeness (QED) is 0.617. The number of hydrogen-bond donors (Lipinski definition) is 1. The Morgan fingerprint density at radius 2 is 2.07 bits per heavy atom. The Hall–Kier alpha value is -0.770. The Morgan fingerprint density at radius 1 is 1.33 bits per heavy atom. The highest BCUT2D eigenvalue weighted by Crippen LogP contribution is 2.15. The molecule has 0 saturated carbocycles. The van der Waals surface area contributed by atoms with Gasteiger partial charge in [0, 0.05) is 12.1 Å². The van der Waals surface area contributed by atoms with Gasteiger partial charge in [0.1, 0.15) is 17.2 Å². The lowest BCUT2D eigenvalue weighted by Gasteiger charge is -2.16. The van der Waals surface area contributed by atoms with E-state index in [4.69, 9.17) is 0 Å². The fourth-order valence-electron chi connectivity index (χ4n) is 1.55. The van der Waals surface area contributed by atoms with Gasteiger partial charge >= 0.3 is 0 Å². The molecule has 0 aliphatic carbocycles. The number of rotatable bonds is 5. The SMILES string of the molecule is CSc1cc(NC(C)CC(C)C)ncn1. The van der Waals surface area contributed by atoms with E-state index in [2.05, 4.69) is 36.1 Å². The monoisotopic (exact) mass is 225 g/mol. The van der Waals surface area contributed by atoms with Crippen LogP contribution in [0.15, 0.2) is 17.4 Å². The summed E-state index contributed by atoms with van der Waals surface area (Å²) in [6.45, 7) is 6.64. The van der Waals surface area contributed by atoms with Crippen LogP contribution in [0.25, 0.3) is 0 Å². The lowest BCUT2D eigenvalue weighted by Crippen LogP contribution is -2.18. The van der Waals surface area contributed by atoms with Crippen LogP contribution >= 0.6 is 11.8 Å². The van der Waals surface area contributed by atoms with Crippen LogP contribution in [0.3, 0.4) is 0 Å². The van der Waals surface area contributed by atoms with Gasteiger partial charge in [-0.1, -0.05) is 13.8 Å². The van der Waals surface area contributed by atoms with Gasteiger partial charge in [-0.15, -0.1) is 11.8 Å². The van der Waals surface area contributed by atoms with Gasteiger partial charge in [-0.05, 0) is 25.5 Å². The molecular formula is C11H19N3S. The fraction of sp³-hybridized carbons (Fsp3) is 0.636. The van der Waals surface area contributed by atoms with E-state index in [1.807, 2.05) is 12.3 Å². The van der Waals surface area contributed by atoms with Crippen molar-refractivity contribution >= 4 is 17.6 Å².